The van der Waals surface area contributed by atoms with Gasteiger partial charge in [0.05, 0.1) is 0 Å². The van der Waals surface area contributed by atoms with Crippen molar-refractivity contribution >= 4 is 0 Å². The van der Waals surface area contributed by atoms with E-state index >= 15 is 0 Å². The van der Waals surface area contributed by atoms with E-state index in [1.807, 2.05) is 6.20 Å². The number of aromatic nitrogens is 1. The number of pyridine rings is 1. The number of aromatic amines is 1. The van der Waals surface area contributed by atoms with Gasteiger partial charge in [0.15, 0.2) is 12.4 Å². The van der Waals surface area contributed by atoms with Gasteiger partial charge in [0, 0.05) is 11.6 Å². The van der Waals surface area contributed by atoms with Gasteiger partial charge in [-0.25, -0.2) is 4.98 Å². The van der Waals surface area contributed by atoms with E-state index < -0.39 is 0 Å². The van der Waals surface area contributed by atoms with Crippen molar-refractivity contribution in [3.63, 3.8) is 0 Å². The minimum absolute atomic E-state index is 0. The highest BCUT2D eigenvalue weighted by molar-refractivity contribution is 5.04. The van der Waals surface area contributed by atoms with Crippen LogP contribution in [0.2, 0.25) is 0 Å². The fourth-order valence-corrected chi connectivity index (χ4v) is 3.06. The van der Waals surface area contributed by atoms with Crippen LogP contribution in [0, 0.1) is 5.92 Å². The summed E-state index contributed by atoms with van der Waals surface area (Å²) in [6.45, 7) is 4.66. The first kappa shape index (κ1) is 22.4. The molecule has 0 bridgehead atoms. The van der Waals surface area contributed by atoms with Crippen LogP contribution < -0.4 is 17.4 Å². The number of hydrogen-bond acceptors (Lipinski definition) is 0. The molecule has 1 N–H and O–H groups in total. The summed E-state index contributed by atoms with van der Waals surface area (Å²) in [5.74, 6) is 0.889. The van der Waals surface area contributed by atoms with E-state index in [-0.39, 0.29) is 12.4 Å². The predicted octanol–water partition coefficient (Wildman–Crippen LogP) is 3.38. The molecule has 0 aliphatic heterocycles. The van der Waals surface area contributed by atoms with Crippen LogP contribution in [0.4, 0.5) is 0 Å². The van der Waals surface area contributed by atoms with E-state index in [1.54, 1.807) is 0 Å². The van der Waals surface area contributed by atoms with Crippen molar-refractivity contribution in [3.05, 3.63) is 30.1 Å². The molecule has 0 aliphatic rings. The molecule has 0 spiro atoms. The van der Waals surface area contributed by atoms with Gasteiger partial charge in [-0.1, -0.05) is 84.5 Å². The summed E-state index contributed by atoms with van der Waals surface area (Å²) in [5.41, 5.74) is 1.44. The van der Waals surface area contributed by atoms with Crippen LogP contribution in [0.5, 0.6) is 0 Å². The predicted molar refractivity (Wildman–Crippen MR) is 96.9 cm³/mol. The fourth-order valence-electron chi connectivity index (χ4n) is 3.06. The summed E-state index contributed by atoms with van der Waals surface area (Å²) in [6, 6.07) is 4.32. The number of H-pyrrole nitrogens is 1. The SMILES string of the molecule is CC(C)CCCCCCCCCCCCCc1ccc[nH+]c1.[Cl-]. The number of rotatable bonds is 14. The molecule has 0 aromatic carbocycles. The zero-order valence-corrected chi connectivity index (χ0v) is 16.2. The molecule has 0 unspecified atom stereocenters. The van der Waals surface area contributed by atoms with Crippen LogP contribution in [0.25, 0.3) is 0 Å². The first-order chi connectivity index (χ1) is 10.8. The first-order valence-corrected chi connectivity index (χ1v) is 9.74. The highest BCUT2D eigenvalue weighted by Gasteiger charge is 1.97. The minimum Gasteiger partial charge on any atom is -1.00 e. The van der Waals surface area contributed by atoms with Gasteiger partial charge in [0.2, 0.25) is 0 Å². The van der Waals surface area contributed by atoms with Crippen molar-refractivity contribution in [2.45, 2.75) is 97.3 Å². The van der Waals surface area contributed by atoms with Crippen LogP contribution in [0.15, 0.2) is 24.5 Å². The average Bonchev–Trinajstić information content (AvgIpc) is 2.52. The molecule has 1 rings (SSSR count). The zero-order chi connectivity index (χ0) is 15.9. The molecule has 23 heavy (non-hydrogen) atoms. The first-order valence-electron chi connectivity index (χ1n) is 9.74. The Balaban J connectivity index is 0.00000484. The molecular weight excluding hydrogens is 302 g/mol. The summed E-state index contributed by atoms with van der Waals surface area (Å²) in [4.78, 5) is 3.16. The molecule has 0 amide bonds. The Morgan fingerprint density at radius 2 is 1.30 bits per heavy atom. The smallest absolute Gasteiger partial charge is 0.170 e. The Labute approximate surface area is 151 Å². The highest BCUT2D eigenvalue weighted by atomic mass is 35.5. The van der Waals surface area contributed by atoms with E-state index in [0.29, 0.717) is 0 Å². The van der Waals surface area contributed by atoms with Crippen molar-refractivity contribution in [3.8, 4) is 0 Å². The standard InChI is InChI=1S/C21H37N.ClH/c1-20(2)15-12-10-8-6-4-3-5-7-9-11-13-16-21-17-14-18-22-19-21;/h14,17-20H,3-13,15-16H2,1-2H3;1H. The van der Waals surface area contributed by atoms with Gasteiger partial charge in [0.25, 0.3) is 0 Å². The Hall–Kier alpha value is -0.560. The normalized spacial score (nSPS) is 10.7. The van der Waals surface area contributed by atoms with E-state index in [2.05, 4.69) is 37.2 Å². The van der Waals surface area contributed by atoms with Gasteiger partial charge in [-0.3, -0.25) is 0 Å². The lowest BCUT2D eigenvalue weighted by molar-refractivity contribution is -0.378. The number of hydrogen-bond donors (Lipinski definition) is 0. The Morgan fingerprint density at radius 3 is 1.78 bits per heavy atom. The van der Waals surface area contributed by atoms with Crippen molar-refractivity contribution < 1.29 is 17.4 Å². The molecule has 0 fully saturated rings. The Kier molecular flexibility index (Phi) is 15.9. The van der Waals surface area contributed by atoms with Crippen molar-refractivity contribution in [2.24, 2.45) is 5.92 Å². The topological polar surface area (TPSA) is 14.1 Å². The molecule has 2 heteroatoms. The largest absolute Gasteiger partial charge is 1.00 e. The second kappa shape index (κ2) is 16.3. The third-order valence-electron chi connectivity index (χ3n) is 4.52. The van der Waals surface area contributed by atoms with Crippen LogP contribution in [-0.4, -0.2) is 0 Å². The summed E-state index contributed by atoms with van der Waals surface area (Å²) in [5, 5.41) is 0. The Morgan fingerprint density at radius 1 is 0.783 bits per heavy atom. The molecule has 1 aromatic rings. The highest BCUT2D eigenvalue weighted by Crippen LogP contribution is 2.14. The third-order valence-corrected chi connectivity index (χ3v) is 4.52. The average molecular weight is 340 g/mol. The van der Waals surface area contributed by atoms with Crippen molar-refractivity contribution in [1.82, 2.24) is 0 Å². The maximum atomic E-state index is 3.16. The van der Waals surface area contributed by atoms with Crippen LogP contribution in [0.3, 0.4) is 0 Å². The molecule has 1 nitrogen and oxygen atoms in total. The molecule has 1 aromatic heterocycles. The summed E-state index contributed by atoms with van der Waals surface area (Å²) >= 11 is 0. The monoisotopic (exact) mass is 339 g/mol. The number of halogens is 1. The van der Waals surface area contributed by atoms with Gasteiger partial charge < -0.3 is 12.4 Å². The van der Waals surface area contributed by atoms with Gasteiger partial charge in [-0.05, 0) is 24.8 Å². The maximum absolute atomic E-state index is 3.16. The van der Waals surface area contributed by atoms with Gasteiger partial charge in [-0.2, -0.15) is 0 Å². The van der Waals surface area contributed by atoms with E-state index in [9.17, 15) is 0 Å². The number of aryl methyl sites for hydroxylation is 1. The molecule has 0 radical (unpaired) electrons. The van der Waals surface area contributed by atoms with E-state index in [4.69, 9.17) is 0 Å². The van der Waals surface area contributed by atoms with Gasteiger partial charge >= 0.3 is 0 Å². The van der Waals surface area contributed by atoms with E-state index in [1.165, 1.54) is 89.0 Å². The lowest BCUT2D eigenvalue weighted by Crippen LogP contribution is -3.00. The second-order valence-corrected chi connectivity index (χ2v) is 7.23. The Bertz CT molecular complexity index is 337. The lowest BCUT2D eigenvalue weighted by Gasteiger charge is -2.04. The van der Waals surface area contributed by atoms with Gasteiger partial charge in [0.1, 0.15) is 0 Å². The van der Waals surface area contributed by atoms with Gasteiger partial charge in [-0.15, -0.1) is 0 Å². The van der Waals surface area contributed by atoms with Crippen molar-refractivity contribution in [2.75, 3.05) is 0 Å². The second-order valence-electron chi connectivity index (χ2n) is 7.23. The summed E-state index contributed by atoms with van der Waals surface area (Å²) in [6.07, 6.45) is 22.5. The zero-order valence-electron chi connectivity index (χ0n) is 15.5. The quantitative estimate of drug-likeness (QED) is 0.461. The van der Waals surface area contributed by atoms with Crippen LogP contribution >= 0.6 is 0 Å². The fraction of sp³-hybridized carbons (Fsp3) is 0.762. The summed E-state index contributed by atoms with van der Waals surface area (Å²) < 4.78 is 0. The molecule has 134 valence electrons. The van der Waals surface area contributed by atoms with E-state index in [0.717, 1.165) is 5.92 Å². The molecule has 0 saturated carbocycles. The lowest BCUT2D eigenvalue weighted by atomic mass is 10.0. The molecule has 0 aliphatic carbocycles. The molecule has 1 heterocycles. The number of nitrogens with one attached hydrogen (secondary N) is 1. The molecular formula is C21H38ClN. The minimum atomic E-state index is 0. The molecule has 0 saturated heterocycles. The maximum Gasteiger partial charge on any atom is 0.170 e. The van der Waals surface area contributed by atoms with Crippen LogP contribution in [0.1, 0.15) is 96.5 Å². The third kappa shape index (κ3) is 14.7. The van der Waals surface area contributed by atoms with Crippen LogP contribution in [-0.2, 0) is 6.42 Å². The number of unbranched alkanes of at least 4 members (excludes halogenated alkanes) is 10. The molecule has 0 atom stereocenters. The summed E-state index contributed by atoms with van der Waals surface area (Å²) in [7, 11) is 0. The van der Waals surface area contributed by atoms with Crippen molar-refractivity contribution in [1.29, 1.82) is 0 Å².